The molecule has 7 aromatic carbocycles. The van der Waals surface area contributed by atoms with Crippen LogP contribution in [-0.4, -0.2) is 0 Å². The molecule has 8 aromatic rings. The number of furan rings is 1. The van der Waals surface area contributed by atoms with Gasteiger partial charge in [-0.25, -0.2) is 0 Å². The predicted octanol–water partition coefficient (Wildman–Crippen LogP) is 13.6. The molecule has 9 rings (SSSR count). The molecule has 48 heavy (non-hydrogen) atoms. The largest absolute Gasteiger partial charge is 0.455 e. The van der Waals surface area contributed by atoms with Crippen LogP contribution in [-0.2, 0) is 10.8 Å². The van der Waals surface area contributed by atoms with Gasteiger partial charge >= 0.3 is 0 Å². The van der Waals surface area contributed by atoms with Gasteiger partial charge < -0.3 is 4.42 Å². The quantitative estimate of drug-likeness (QED) is 0.141. The van der Waals surface area contributed by atoms with Crippen molar-refractivity contribution in [1.29, 1.82) is 0 Å². The molecule has 0 saturated carbocycles. The first-order valence-corrected chi connectivity index (χ1v) is 17.1. The van der Waals surface area contributed by atoms with Crippen LogP contribution in [0.3, 0.4) is 0 Å². The number of para-hydroxylation sites is 2. The van der Waals surface area contributed by atoms with Crippen molar-refractivity contribution in [2.45, 2.75) is 57.8 Å². The average molecular weight is 625 g/mol. The molecule has 0 amide bonds. The molecular weight excluding hydrogens is 581 g/mol. The van der Waals surface area contributed by atoms with Crippen LogP contribution in [0.5, 0.6) is 0 Å². The van der Waals surface area contributed by atoms with Crippen LogP contribution >= 0.6 is 0 Å². The molecule has 1 heterocycles. The molecule has 1 aliphatic rings. The standard InChI is InChI=1S/C47H40O/c1-46(2)26-15-27-47(3,4)41-29-39(38(28-40(41)46)30-16-6-5-7-17-30)44-34-21-10-8-19-32(34)43(33-20-9-11-22-35(33)44)37-24-14-23-36-31-18-12-13-25-42(31)48-45(36)37/h5-14,16-25,28-29H,15,26-27H2,1-4H3/i8D,10D,19D,21D. The summed E-state index contributed by atoms with van der Waals surface area (Å²) in [6.07, 6.45) is 3.29. The first kappa shape index (κ1) is 25.0. The number of hydrogen-bond donors (Lipinski definition) is 0. The smallest absolute Gasteiger partial charge is 0.143 e. The van der Waals surface area contributed by atoms with Crippen molar-refractivity contribution in [1.82, 2.24) is 0 Å². The number of fused-ring (bicyclic) bond motifs is 6. The van der Waals surface area contributed by atoms with Crippen molar-refractivity contribution < 1.29 is 9.90 Å². The molecule has 0 radical (unpaired) electrons. The molecule has 234 valence electrons. The summed E-state index contributed by atoms with van der Waals surface area (Å²) in [7, 11) is 0. The first-order chi connectivity index (χ1) is 25.0. The highest BCUT2D eigenvalue weighted by molar-refractivity contribution is 6.25. The SMILES string of the molecule is [2H]c1c([2H])c([2H])c2c(-c3cccc4c3oc3ccccc34)c3ccccc3c(-c3cc4c(cc3-c3ccccc3)C(C)(C)CCCC4(C)C)c2c1[2H]. The Labute approximate surface area is 288 Å². The van der Waals surface area contributed by atoms with Crippen LogP contribution in [0.1, 0.15) is 63.6 Å². The van der Waals surface area contributed by atoms with E-state index in [9.17, 15) is 2.74 Å². The summed E-state index contributed by atoms with van der Waals surface area (Å²) in [6, 6.07) is 37.0. The number of benzene rings is 7. The maximum atomic E-state index is 9.63. The van der Waals surface area contributed by atoms with E-state index in [-0.39, 0.29) is 35.0 Å². The molecule has 0 saturated heterocycles. The highest BCUT2D eigenvalue weighted by atomic mass is 16.3. The molecule has 0 bridgehead atoms. The van der Waals surface area contributed by atoms with Gasteiger partial charge in [0.15, 0.2) is 0 Å². The second kappa shape index (κ2) is 10.7. The molecule has 0 aliphatic heterocycles. The Balaban J connectivity index is 1.52. The van der Waals surface area contributed by atoms with Crippen LogP contribution in [0.4, 0.5) is 0 Å². The summed E-state index contributed by atoms with van der Waals surface area (Å²) >= 11 is 0. The van der Waals surface area contributed by atoms with Crippen LogP contribution in [0.15, 0.2) is 138 Å². The zero-order chi connectivity index (χ0) is 36.1. The van der Waals surface area contributed by atoms with Gasteiger partial charge in [-0.1, -0.05) is 149 Å². The summed E-state index contributed by atoms with van der Waals surface area (Å²) < 4.78 is 43.7. The molecular formula is C47H40O. The van der Waals surface area contributed by atoms with Crippen LogP contribution in [0.25, 0.3) is 76.9 Å². The monoisotopic (exact) mass is 624 g/mol. The third-order valence-electron chi connectivity index (χ3n) is 10.9. The second-order valence-electron chi connectivity index (χ2n) is 14.8. The highest BCUT2D eigenvalue weighted by Gasteiger charge is 2.36. The van der Waals surface area contributed by atoms with Gasteiger partial charge in [0.25, 0.3) is 0 Å². The van der Waals surface area contributed by atoms with Gasteiger partial charge in [0.2, 0.25) is 0 Å². The Morgan fingerprint density at radius 3 is 1.73 bits per heavy atom. The van der Waals surface area contributed by atoms with E-state index in [2.05, 4.69) is 88.4 Å². The Morgan fingerprint density at radius 1 is 0.521 bits per heavy atom. The van der Waals surface area contributed by atoms with Crippen LogP contribution in [0, 0.1) is 0 Å². The van der Waals surface area contributed by atoms with E-state index in [1.165, 1.54) is 11.1 Å². The van der Waals surface area contributed by atoms with Gasteiger partial charge in [-0.15, -0.1) is 0 Å². The summed E-state index contributed by atoms with van der Waals surface area (Å²) in [5.74, 6) is 0. The minimum absolute atomic E-state index is 0.0339. The van der Waals surface area contributed by atoms with E-state index in [1.54, 1.807) is 0 Å². The minimum atomic E-state index is -0.246. The lowest BCUT2D eigenvalue weighted by Gasteiger charge is -2.32. The fourth-order valence-corrected chi connectivity index (χ4v) is 8.40. The van der Waals surface area contributed by atoms with Crippen molar-refractivity contribution in [2.75, 3.05) is 0 Å². The van der Waals surface area contributed by atoms with Crippen LogP contribution < -0.4 is 0 Å². The van der Waals surface area contributed by atoms with Crippen molar-refractivity contribution in [3.63, 3.8) is 0 Å². The van der Waals surface area contributed by atoms with Crippen LogP contribution in [0.2, 0.25) is 0 Å². The maximum absolute atomic E-state index is 9.63. The zero-order valence-electron chi connectivity index (χ0n) is 31.9. The van der Waals surface area contributed by atoms with Gasteiger partial charge in [0, 0.05) is 21.9 Å². The van der Waals surface area contributed by atoms with Crippen molar-refractivity contribution in [2.24, 2.45) is 0 Å². The molecule has 1 aromatic heterocycles. The Morgan fingerprint density at radius 2 is 1.06 bits per heavy atom. The summed E-state index contributed by atoms with van der Waals surface area (Å²) in [5, 5.41) is 4.85. The van der Waals surface area contributed by atoms with Gasteiger partial charge in [-0.3, -0.25) is 0 Å². The molecule has 0 fully saturated rings. The Bertz CT molecular complexity index is 2750. The van der Waals surface area contributed by atoms with E-state index in [0.717, 1.165) is 79.8 Å². The molecule has 1 aliphatic carbocycles. The lowest BCUT2D eigenvalue weighted by atomic mass is 9.72. The van der Waals surface area contributed by atoms with Gasteiger partial charge in [0.05, 0.1) is 5.48 Å². The minimum Gasteiger partial charge on any atom is -0.455 e. The number of rotatable bonds is 3. The summed E-state index contributed by atoms with van der Waals surface area (Å²) in [6.45, 7) is 9.41. The summed E-state index contributed by atoms with van der Waals surface area (Å²) in [4.78, 5) is 0. The lowest BCUT2D eigenvalue weighted by Crippen LogP contribution is -2.22. The molecule has 0 atom stereocenters. The Kier molecular flexibility index (Phi) is 5.56. The third-order valence-corrected chi connectivity index (χ3v) is 10.9. The molecule has 0 N–H and O–H groups in total. The Hall–Kier alpha value is -5.14. The van der Waals surface area contributed by atoms with E-state index < -0.39 is 0 Å². The third kappa shape index (κ3) is 4.37. The predicted molar refractivity (Wildman–Crippen MR) is 205 cm³/mol. The molecule has 0 unspecified atom stereocenters. The highest BCUT2D eigenvalue weighted by Crippen LogP contribution is 2.52. The van der Waals surface area contributed by atoms with E-state index in [1.807, 2.05) is 48.5 Å². The van der Waals surface area contributed by atoms with E-state index in [0.29, 0.717) is 16.4 Å². The van der Waals surface area contributed by atoms with Crippen molar-refractivity contribution in [3.8, 4) is 33.4 Å². The normalized spacial score (nSPS) is 16.8. The van der Waals surface area contributed by atoms with E-state index in [4.69, 9.17) is 7.16 Å². The first-order valence-electron chi connectivity index (χ1n) is 19.1. The van der Waals surface area contributed by atoms with Crippen molar-refractivity contribution in [3.05, 3.63) is 144 Å². The maximum Gasteiger partial charge on any atom is 0.143 e. The molecule has 1 nitrogen and oxygen atoms in total. The number of hydrogen-bond acceptors (Lipinski definition) is 1. The summed E-state index contributed by atoms with van der Waals surface area (Å²) in [5.41, 5.74) is 9.53. The van der Waals surface area contributed by atoms with Gasteiger partial charge in [-0.2, -0.15) is 0 Å². The average Bonchev–Trinajstić information content (AvgIpc) is 3.50. The van der Waals surface area contributed by atoms with Crippen molar-refractivity contribution >= 4 is 43.5 Å². The molecule has 0 spiro atoms. The zero-order valence-corrected chi connectivity index (χ0v) is 27.9. The molecule has 1 heteroatoms. The van der Waals surface area contributed by atoms with Gasteiger partial charge in [-0.05, 0) is 96.8 Å². The van der Waals surface area contributed by atoms with Gasteiger partial charge in [0.1, 0.15) is 11.2 Å². The topological polar surface area (TPSA) is 13.1 Å². The fourth-order valence-electron chi connectivity index (χ4n) is 8.40. The van der Waals surface area contributed by atoms with E-state index >= 15 is 0 Å². The lowest BCUT2D eigenvalue weighted by molar-refractivity contribution is 0.433. The second-order valence-corrected chi connectivity index (χ2v) is 14.8. The fraction of sp³-hybridized carbons (Fsp3) is 0.191.